The maximum atomic E-state index is 14.0. The second kappa shape index (κ2) is 9.87. The van der Waals surface area contributed by atoms with E-state index < -0.39 is 34.4 Å². The molecule has 0 unspecified atom stereocenters. The monoisotopic (exact) mass is 500 g/mol. The van der Waals surface area contributed by atoms with Crippen molar-refractivity contribution in [3.8, 4) is 5.75 Å². The summed E-state index contributed by atoms with van der Waals surface area (Å²) in [4.78, 5) is 26.8. The number of amides is 2. The molecule has 2 aliphatic rings. The van der Waals surface area contributed by atoms with E-state index in [1.54, 1.807) is 4.90 Å². The Morgan fingerprint density at radius 1 is 1.17 bits per heavy atom. The molecule has 2 amide bonds. The summed E-state index contributed by atoms with van der Waals surface area (Å²) in [5.41, 5.74) is -5.59. The van der Waals surface area contributed by atoms with E-state index >= 15 is 0 Å². The van der Waals surface area contributed by atoms with Gasteiger partial charge in [0.1, 0.15) is 11.4 Å². The predicted octanol–water partition coefficient (Wildman–Crippen LogP) is 4.52. The van der Waals surface area contributed by atoms with Crippen LogP contribution in [0.4, 0.5) is 18.0 Å². The lowest BCUT2D eigenvalue weighted by molar-refractivity contribution is -0.257. The minimum Gasteiger partial charge on any atom is -0.497 e. The smallest absolute Gasteiger partial charge is 0.430 e. The molecular formula is C25H35F3N2O5. The number of carbonyl (C=O) groups excluding carboxylic acids is 2. The van der Waals surface area contributed by atoms with Gasteiger partial charge in [0.05, 0.1) is 7.11 Å². The molecule has 1 heterocycles. The van der Waals surface area contributed by atoms with E-state index in [2.05, 4.69) is 5.32 Å². The van der Waals surface area contributed by atoms with Crippen LogP contribution in [0.5, 0.6) is 5.75 Å². The van der Waals surface area contributed by atoms with Crippen LogP contribution in [-0.2, 0) is 15.1 Å². The number of hydrogen-bond acceptors (Lipinski definition) is 5. The van der Waals surface area contributed by atoms with Gasteiger partial charge in [-0.2, -0.15) is 13.2 Å². The van der Waals surface area contributed by atoms with Gasteiger partial charge < -0.3 is 24.8 Å². The molecule has 1 aromatic carbocycles. The SMILES string of the molecule is COc1cccc([C@@](O)(C(=O)NC2(CCC3CCN(C(=O)OC(C)(C)C)CC3)CC2)C(F)(F)F)c1. The molecule has 2 fully saturated rings. The quantitative estimate of drug-likeness (QED) is 0.575. The van der Waals surface area contributed by atoms with E-state index in [9.17, 15) is 27.9 Å². The fourth-order valence-electron chi connectivity index (χ4n) is 4.40. The van der Waals surface area contributed by atoms with Crippen molar-refractivity contribution in [1.82, 2.24) is 10.2 Å². The molecule has 1 aliphatic carbocycles. The number of ether oxygens (including phenoxy) is 2. The highest BCUT2D eigenvalue weighted by molar-refractivity contribution is 5.88. The number of aliphatic hydroxyl groups is 1. The van der Waals surface area contributed by atoms with Crippen LogP contribution in [-0.4, -0.2) is 59.5 Å². The maximum absolute atomic E-state index is 14.0. The average Bonchev–Trinajstić information content (AvgIpc) is 3.55. The molecular weight excluding hydrogens is 465 g/mol. The number of halogens is 3. The number of nitrogens with zero attached hydrogens (tertiary/aromatic N) is 1. The Balaban J connectivity index is 1.59. The van der Waals surface area contributed by atoms with E-state index in [1.165, 1.54) is 19.2 Å². The van der Waals surface area contributed by atoms with E-state index in [1.807, 2.05) is 20.8 Å². The second-order valence-electron chi connectivity index (χ2n) is 10.6. The first-order valence-corrected chi connectivity index (χ1v) is 11.9. The minimum absolute atomic E-state index is 0.108. The number of piperidine rings is 1. The number of methoxy groups -OCH3 is 1. The van der Waals surface area contributed by atoms with Crippen LogP contribution in [0.1, 0.15) is 64.9 Å². The molecule has 0 aromatic heterocycles. The van der Waals surface area contributed by atoms with Crippen molar-refractivity contribution < 1.29 is 37.3 Å². The highest BCUT2D eigenvalue weighted by Crippen LogP contribution is 2.45. The first kappa shape index (κ1) is 27.1. The number of rotatable bonds is 7. The lowest BCUT2D eigenvalue weighted by atomic mass is 9.88. The minimum atomic E-state index is -5.21. The number of benzene rings is 1. The van der Waals surface area contributed by atoms with Crippen LogP contribution in [0.3, 0.4) is 0 Å². The zero-order chi connectivity index (χ0) is 26.1. The van der Waals surface area contributed by atoms with E-state index in [4.69, 9.17) is 9.47 Å². The Bertz CT molecular complexity index is 918. The zero-order valence-corrected chi connectivity index (χ0v) is 20.7. The van der Waals surface area contributed by atoms with Gasteiger partial charge in [0.2, 0.25) is 0 Å². The molecule has 7 nitrogen and oxygen atoms in total. The highest BCUT2D eigenvalue weighted by atomic mass is 19.4. The third-order valence-corrected chi connectivity index (χ3v) is 6.76. The number of nitrogens with one attached hydrogen (secondary N) is 1. The van der Waals surface area contributed by atoms with Gasteiger partial charge in [0, 0.05) is 24.2 Å². The fraction of sp³-hybridized carbons (Fsp3) is 0.680. The molecule has 1 atom stereocenters. The van der Waals surface area contributed by atoms with Crippen molar-refractivity contribution in [3.63, 3.8) is 0 Å². The molecule has 1 saturated heterocycles. The van der Waals surface area contributed by atoms with Crippen LogP contribution in [0.25, 0.3) is 0 Å². The van der Waals surface area contributed by atoms with Crippen LogP contribution in [0.2, 0.25) is 0 Å². The number of hydrogen-bond donors (Lipinski definition) is 2. The summed E-state index contributed by atoms with van der Waals surface area (Å²) in [6.07, 6.45) is -1.68. The summed E-state index contributed by atoms with van der Waals surface area (Å²) in [7, 11) is 1.29. The molecule has 3 rings (SSSR count). The highest BCUT2D eigenvalue weighted by Gasteiger charge is 2.62. The number of likely N-dealkylation sites (tertiary alicyclic amines) is 1. The van der Waals surface area contributed by atoms with Gasteiger partial charge in [-0.25, -0.2) is 4.79 Å². The van der Waals surface area contributed by atoms with E-state index in [0.717, 1.165) is 25.0 Å². The summed E-state index contributed by atoms with van der Waals surface area (Å²) in [5, 5.41) is 13.1. The van der Waals surface area contributed by atoms with E-state index in [-0.39, 0.29) is 11.8 Å². The first-order chi connectivity index (χ1) is 16.2. The summed E-state index contributed by atoms with van der Waals surface area (Å²) < 4.78 is 52.2. The molecule has 2 N–H and O–H groups in total. The largest absolute Gasteiger partial charge is 0.497 e. The standard InChI is InChI=1S/C25H35F3N2O5/c1-22(2,3)35-21(32)30-14-9-17(10-15-30)8-11-23(12-13-23)29-20(31)24(33,25(26,27)28)18-6-5-7-19(16-18)34-4/h5-7,16-17,33H,8-15H2,1-4H3,(H,29,31)/t24-/m1/s1. The normalized spacial score (nSPS) is 20.1. The summed E-state index contributed by atoms with van der Waals surface area (Å²) >= 11 is 0. The van der Waals surface area contributed by atoms with Crippen molar-refractivity contribution in [2.24, 2.45) is 5.92 Å². The lowest BCUT2D eigenvalue weighted by Crippen LogP contribution is -2.57. The van der Waals surface area contributed by atoms with E-state index in [0.29, 0.717) is 44.7 Å². The number of alkyl halides is 3. The molecule has 1 saturated carbocycles. The van der Waals surface area contributed by atoms with Gasteiger partial charge >= 0.3 is 12.3 Å². The third kappa shape index (κ3) is 6.39. The van der Waals surface area contributed by atoms with Crippen molar-refractivity contribution in [1.29, 1.82) is 0 Å². The van der Waals surface area contributed by atoms with Crippen molar-refractivity contribution in [2.45, 2.75) is 82.2 Å². The lowest BCUT2D eigenvalue weighted by Gasteiger charge is -2.34. The van der Waals surface area contributed by atoms with Crippen molar-refractivity contribution in [2.75, 3.05) is 20.2 Å². The zero-order valence-electron chi connectivity index (χ0n) is 20.7. The van der Waals surface area contributed by atoms with Crippen LogP contribution >= 0.6 is 0 Å². The Kier molecular flexibility index (Phi) is 7.64. The molecule has 0 bridgehead atoms. The molecule has 1 aliphatic heterocycles. The molecule has 196 valence electrons. The molecule has 1 aromatic rings. The van der Waals surface area contributed by atoms with Crippen LogP contribution in [0.15, 0.2) is 24.3 Å². The van der Waals surface area contributed by atoms with Gasteiger partial charge in [-0.1, -0.05) is 12.1 Å². The Hall–Kier alpha value is -2.49. The first-order valence-electron chi connectivity index (χ1n) is 11.9. The molecule has 0 spiro atoms. The maximum Gasteiger partial charge on any atom is 0.430 e. The Morgan fingerprint density at radius 3 is 2.31 bits per heavy atom. The summed E-state index contributed by atoms with van der Waals surface area (Å²) in [6.45, 7) is 6.56. The Labute approximate surface area is 204 Å². The third-order valence-electron chi connectivity index (χ3n) is 6.76. The summed E-state index contributed by atoms with van der Waals surface area (Å²) in [6, 6.07) is 4.82. The van der Waals surface area contributed by atoms with Gasteiger partial charge in [-0.05, 0) is 77.3 Å². The van der Waals surface area contributed by atoms with Crippen LogP contribution < -0.4 is 10.1 Å². The average molecular weight is 501 g/mol. The Morgan fingerprint density at radius 2 is 1.80 bits per heavy atom. The van der Waals surface area contributed by atoms with Crippen LogP contribution in [0, 0.1) is 5.92 Å². The predicted molar refractivity (Wildman–Crippen MR) is 123 cm³/mol. The summed E-state index contributed by atoms with van der Waals surface area (Å²) in [5.74, 6) is -1.07. The van der Waals surface area contributed by atoms with Gasteiger partial charge in [0.15, 0.2) is 0 Å². The fourth-order valence-corrected chi connectivity index (χ4v) is 4.40. The molecule has 35 heavy (non-hydrogen) atoms. The topological polar surface area (TPSA) is 88.1 Å². The van der Waals surface area contributed by atoms with Crippen molar-refractivity contribution in [3.05, 3.63) is 29.8 Å². The van der Waals surface area contributed by atoms with Crippen molar-refractivity contribution >= 4 is 12.0 Å². The van der Waals surface area contributed by atoms with Gasteiger partial charge in [0.25, 0.3) is 11.5 Å². The van der Waals surface area contributed by atoms with Gasteiger partial charge in [-0.15, -0.1) is 0 Å². The second-order valence-corrected chi connectivity index (χ2v) is 10.6. The molecule has 10 heteroatoms. The molecule has 0 radical (unpaired) electrons. The van der Waals surface area contributed by atoms with Gasteiger partial charge in [-0.3, -0.25) is 4.79 Å². The number of carbonyl (C=O) groups is 2.